The summed E-state index contributed by atoms with van der Waals surface area (Å²) in [5.41, 5.74) is 13.5. The van der Waals surface area contributed by atoms with Gasteiger partial charge in [0.1, 0.15) is 5.58 Å². The molecule has 0 saturated heterocycles. The number of aromatic nitrogens is 2. The van der Waals surface area contributed by atoms with Crippen molar-refractivity contribution in [2.45, 2.75) is 0 Å². The topological polar surface area (TPSA) is 23.0 Å². The molecule has 0 aliphatic carbocycles. The van der Waals surface area contributed by atoms with Crippen LogP contribution in [0.25, 0.3) is 99.2 Å². The van der Waals surface area contributed by atoms with Crippen molar-refractivity contribution in [2.24, 2.45) is 0 Å². The second-order valence-electron chi connectivity index (χ2n) is 13.3. The summed E-state index contributed by atoms with van der Waals surface area (Å²) in [5, 5.41) is 7.17. The predicted molar refractivity (Wildman–Crippen MR) is 213 cm³/mol. The Morgan fingerprint density at radius 3 is 1.82 bits per heavy atom. The van der Waals surface area contributed by atoms with Crippen LogP contribution in [-0.2, 0) is 0 Å². The molecule has 3 heteroatoms. The summed E-state index contributed by atoms with van der Waals surface area (Å²) in [7, 11) is 0. The number of benzene rings is 8. The number of nitrogens with zero attached hydrogens (tertiary/aromatic N) is 2. The Bertz CT molecular complexity index is 3130. The molecule has 0 bridgehead atoms. The van der Waals surface area contributed by atoms with Crippen molar-refractivity contribution in [2.75, 3.05) is 0 Å². The van der Waals surface area contributed by atoms with Crippen LogP contribution in [0, 0.1) is 0 Å². The lowest BCUT2D eigenvalue weighted by molar-refractivity contribution is 0.666. The van der Waals surface area contributed by atoms with Gasteiger partial charge in [-0.1, -0.05) is 127 Å². The maximum absolute atomic E-state index is 6.57. The standard InChI is InChI=1S/C48H30N2O/c1-3-14-31(15-4-1)34-27-29-43-47(38-20-8-11-23-41(38)49(43)33-16-5-2-6-17-33)46(34)32-26-28-42-39(30-32)35-18-7-10-22-40(35)50(42)44-24-13-21-37-36-19-9-12-25-45(36)51-48(37)44/h1-30H. The lowest BCUT2D eigenvalue weighted by Gasteiger charge is -2.15. The van der Waals surface area contributed by atoms with Crippen LogP contribution in [0.2, 0.25) is 0 Å². The molecule has 0 aliphatic rings. The zero-order chi connectivity index (χ0) is 33.5. The Morgan fingerprint density at radius 1 is 0.373 bits per heavy atom. The van der Waals surface area contributed by atoms with E-state index in [4.69, 9.17) is 4.42 Å². The molecule has 0 N–H and O–H groups in total. The van der Waals surface area contributed by atoms with Crippen molar-refractivity contribution in [1.29, 1.82) is 0 Å². The smallest absolute Gasteiger partial charge is 0.159 e. The average Bonchev–Trinajstić information content (AvgIpc) is 3.86. The van der Waals surface area contributed by atoms with Gasteiger partial charge >= 0.3 is 0 Å². The van der Waals surface area contributed by atoms with Crippen molar-refractivity contribution in [3.8, 4) is 33.6 Å². The van der Waals surface area contributed by atoms with Crippen LogP contribution < -0.4 is 0 Å². The van der Waals surface area contributed by atoms with E-state index in [1.165, 1.54) is 54.8 Å². The van der Waals surface area contributed by atoms with E-state index in [9.17, 15) is 0 Å². The van der Waals surface area contributed by atoms with E-state index in [0.717, 1.165) is 44.3 Å². The predicted octanol–water partition coefficient (Wildman–Crippen LogP) is 13.1. The van der Waals surface area contributed by atoms with Gasteiger partial charge in [-0.05, 0) is 76.9 Å². The number of furan rings is 1. The fourth-order valence-electron chi connectivity index (χ4n) is 8.37. The average molecular weight is 651 g/mol. The third-order valence-electron chi connectivity index (χ3n) is 10.5. The van der Waals surface area contributed by atoms with Gasteiger partial charge in [-0.2, -0.15) is 0 Å². The fraction of sp³-hybridized carbons (Fsp3) is 0. The normalized spacial score (nSPS) is 11.9. The molecule has 0 fully saturated rings. The highest BCUT2D eigenvalue weighted by Crippen LogP contribution is 2.46. The maximum Gasteiger partial charge on any atom is 0.159 e. The minimum atomic E-state index is 0.898. The van der Waals surface area contributed by atoms with Crippen LogP contribution in [0.1, 0.15) is 0 Å². The Kier molecular flexibility index (Phi) is 5.96. The van der Waals surface area contributed by atoms with Gasteiger partial charge in [-0.15, -0.1) is 0 Å². The van der Waals surface area contributed by atoms with E-state index < -0.39 is 0 Å². The highest BCUT2D eigenvalue weighted by atomic mass is 16.3. The van der Waals surface area contributed by atoms with Gasteiger partial charge in [0.05, 0.1) is 27.8 Å². The first-order valence-electron chi connectivity index (χ1n) is 17.4. The van der Waals surface area contributed by atoms with Gasteiger partial charge in [0.25, 0.3) is 0 Å². The number of rotatable bonds is 4. The summed E-state index contributed by atoms with van der Waals surface area (Å²) in [6.45, 7) is 0. The lowest BCUT2D eigenvalue weighted by Crippen LogP contribution is -1.95. The zero-order valence-electron chi connectivity index (χ0n) is 27.6. The van der Waals surface area contributed by atoms with Gasteiger partial charge in [0.15, 0.2) is 5.58 Å². The van der Waals surface area contributed by atoms with Gasteiger partial charge < -0.3 is 13.6 Å². The summed E-state index contributed by atoms with van der Waals surface area (Å²) in [4.78, 5) is 0. The minimum absolute atomic E-state index is 0.898. The molecule has 11 rings (SSSR count). The molecule has 3 nitrogen and oxygen atoms in total. The van der Waals surface area contributed by atoms with Crippen molar-refractivity contribution in [3.05, 3.63) is 182 Å². The Hall–Kier alpha value is -6.84. The molecule has 0 atom stereocenters. The Labute approximate surface area is 293 Å². The van der Waals surface area contributed by atoms with Gasteiger partial charge in [0.2, 0.25) is 0 Å². The van der Waals surface area contributed by atoms with Crippen LogP contribution in [0.15, 0.2) is 186 Å². The lowest BCUT2D eigenvalue weighted by atomic mass is 9.90. The summed E-state index contributed by atoms with van der Waals surface area (Å²) in [6.07, 6.45) is 0. The first-order chi connectivity index (χ1) is 25.3. The van der Waals surface area contributed by atoms with Crippen LogP contribution in [0.3, 0.4) is 0 Å². The first-order valence-corrected chi connectivity index (χ1v) is 17.4. The molecule has 0 aliphatic heterocycles. The molecule has 238 valence electrons. The molecule has 0 radical (unpaired) electrons. The molecule has 0 spiro atoms. The van der Waals surface area contributed by atoms with E-state index in [2.05, 4.69) is 185 Å². The van der Waals surface area contributed by atoms with Crippen LogP contribution in [0.4, 0.5) is 0 Å². The van der Waals surface area contributed by atoms with Crippen LogP contribution in [-0.4, -0.2) is 9.13 Å². The molecule has 0 unspecified atom stereocenters. The molecule has 8 aromatic carbocycles. The summed E-state index contributed by atoms with van der Waals surface area (Å²) < 4.78 is 11.3. The molecular formula is C48H30N2O. The van der Waals surface area contributed by atoms with Crippen molar-refractivity contribution < 1.29 is 4.42 Å². The largest absolute Gasteiger partial charge is 0.454 e. The highest BCUT2D eigenvalue weighted by molar-refractivity contribution is 6.20. The monoisotopic (exact) mass is 650 g/mol. The molecule has 51 heavy (non-hydrogen) atoms. The van der Waals surface area contributed by atoms with Crippen molar-refractivity contribution >= 4 is 65.6 Å². The number of fused-ring (bicyclic) bond motifs is 9. The van der Waals surface area contributed by atoms with E-state index in [-0.39, 0.29) is 0 Å². The maximum atomic E-state index is 6.57. The minimum Gasteiger partial charge on any atom is -0.454 e. The third kappa shape index (κ3) is 4.06. The molecule has 0 saturated carbocycles. The van der Waals surface area contributed by atoms with E-state index in [1.54, 1.807) is 0 Å². The molecule has 0 amide bonds. The van der Waals surface area contributed by atoms with E-state index in [1.807, 2.05) is 6.07 Å². The third-order valence-corrected chi connectivity index (χ3v) is 10.5. The van der Waals surface area contributed by atoms with Gasteiger partial charge in [-0.25, -0.2) is 0 Å². The number of hydrogen-bond acceptors (Lipinski definition) is 1. The highest BCUT2D eigenvalue weighted by Gasteiger charge is 2.22. The van der Waals surface area contributed by atoms with Crippen molar-refractivity contribution in [3.63, 3.8) is 0 Å². The molecule has 3 heterocycles. The van der Waals surface area contributed by atoms with E-state index >= 15 is 0 Å². The fourth-order valence-corrected chi connectivity index (χ4v) is 8.37. The molecule has 3 aromatic heterocycles. The molecule has 11 aromatic rings. The number of hydrogen-bond donors (Lipinski definition) is 0. The summed E-state index contributed by atoms with van der Waals surface area (Å²) >= 11 is 0. The van der Waals surface area contributed by atoms with Crippen LogP contribution in [0.5, 0.6) is 0 Å². The number of para-hydroxylation sites is 5. The zero-order valence-corrected chi connectivity index (χ0v) is 27.6. The van der Waals surface area contributed by atoms with E-state index in [0.29, 0.717) is 0 Å². The first kappa shape index (κ1) is 28.0. The van der Waals surface area contributed by atoms with Gasteiger partial charge in [-0.3, -0.25) is 0 Å². The Balaban J connectivity index is 1.24. The van der Waals surface area contributed by atoms with Gasteiger partial charge in [0, 0.05) is 38.0 Å². The second-order valence-corrected chi connectivity index (χ2v) is 13.3. The van der Waals surface area contributed by atoms with Crippen molar-refractivity contribution in [1.82, 2.24) is 9.13 Å². The summed E-state index contributed by atoms with van der Waals surface area (Å²) in [6, 6.07) is 65.5. The quantitative estimate of drug-likeness (QED) is 0.186. The summed E-state index contributed by atoms with van der Waals surface area (Å²) in [5.74, 6) is 0. The molecular weight excluding hydrogens is 621 g/mol. The Morgan fingerprint density at radius 2 is 1.00 bits per heavy atom. The second kappa shape index (κ2) is 10.8. The van der Waals surface area contributed by atoms with Crippen LogP contribution >= 0.6 is 0 Å². The SMILES string of the molecule is c1ccc(-c2ccc3c(c2-c2ccc4c(c2)c2ccccc2n4-c2cccc4c2oc2ccccc24)c2ccccc2n3-c2ccccc2)cc1.